The molecule has 1 saturated carbocycles. The molecule has 1 unspecified atom stereocenters. The summed E-state index contributed by atoms with van der Waals surface area (Å²) in [7, 11) is 0. The van der Waals surface area contributed by atoms with Crippen molar-refractivity contribution in [2.75, 3.05) is 6.61 Å². The van der Waals surface area contributed by atoms with Gasteiger partial charge < -0.3 is 9.84 Å². The number of aliphatic carboxylic acids is 1. The molecule has 168 valence electrons. The van der Waals surface area contributed by atoms with Crippen LogP contribution in [0, 0.1) is 11.6 Å². The van der Waals surface area contributed by atoms with E-state index in [0.717, 1.165) is 39.3 Å². The van der Waals surface area contributed by atoms with Crippen molar-refractivity contribution in [2.24, 2.45) is 0 Å². The summed E-state index contributed by atoms with van der Waals surface area (Å²) in [5.41, 5.74) is 4.08. The lowest BCUT2D eigenvalue weighted by Crippen LogP contribution is -2.41. The molecule has 3 aromatic rings. The quantitative estimate of drug-likeness (QED) is 0.539. The first-order valence-electron chi connectivity index (χ1n) is 10.8. The maximum Gasteiger partial charge on any atom is 0.411 e. The highest BCUT2D eigenvalue weighted by atomic mass is 19.1. The highest BCUT2D eigenvalue weighted by Gasteiger charge is 2.43. The third-order valence-electron chi connectivity index (χ3n) is 6.20. The van der Waals surface area contributed by atoms with Crippen LogP contribution in [0.4, 0.5) is 13.6 Å². The molecule has 1 fully saturated rings. The third-order valence-corrected chi connectivity index (χ3v) is 6.20. The van der Waals surface area contributed by atoms with Crippen LogP contribution >= 0.6 is 0 Å². The standard InChI is InChI=1S/C26H21F2NO4/c27-16-11-15(12-17(28)13-16)24(25(30)31)29(18-9-10-18)26(32)33-14-23-21-7-3-1-5-19(21)20-6-2-4-8-22(20)23/h1-8,11-13,18,23-24H,9-10,14H2,(H,30,31). The van der Waals surface area contributed by atoms with Gasteiger partial charge in [0.2, 0.25) is 0 Å². The molecule has 1 atom stereocenters. The number of fused-ring (bicyclic) bond motifs is 3. The Kier molecular flexibility index (Phi) is 5.32. The van der Waals surface area contributed by atoms with Gasteiger partial charge >= 0.3 is 12.1 Å². The Labute approximate surface area is 189 Å². The molecule has 5 nitrogen and oxygen atoms in total. The molecule has 3 aromatic carbocycles. The Bertz CT molecular complexity index is 1170. The normalized spacial score (nSPS) is 15.5. The minimum atomic E-state index is -1.54. The number of amides is 1. The summed E-state index contributed by atoms with van der Waals surface area (Å²) in [4.78, 5) is 26.3. The molecule has 0 spiro atoms. The van der Waals surface area contributed by atoms with Crippen LogP contribution in [-0.4, -0.2) is 34.7 Å². The van der Waals surface area contributed by atoms with E-state index < -0.39 is 29.7 Å². The maximum absolute atomic E-state index is 13.8. The van der Waals surface area contributed by atoms with Crippen molar-refractivity contribution in [1.29, 1.82) is 0 Å². The van der Waals surface area contributed by atoms with Crippen molar-refractivity contribution >= 4 is 12.1 Å². The average Bonchev–Trinajstić information content (AvgIpc) is 3.57. The summed E-state index contributed by atoms with van der Waals surface area (Å²) < 4.78 is 33.3. The second-order valence-corrected chi connectivity index (χ2v) is 8.39. The molecule has 0 bridgehead atoms. The molecule has 7 heteroatoms. The second kappa shape index (κ2) is 8.31. The van der Waals surface area contributed by atoms with Crippen molar-refractivity contribution < 1.29 is 28.2 Å². The average molecular weight is 449 g/mol. The van der Waals surface area contributed by atoms with E-state index in [-0.39, 0.29) is 24.1 Å². The van der Waals surface area contributed by atoms with E-state index in [1.54, 1.807) is 0 Å². The molecular formula is C26H21F2NO4. The van der Waals surface area contributed by atoms with Gasteiger partial charge in [-0.25, -0.2) is 18.4 Å². The van der Waals surface area contributed by atoms with Gasteiger partial charge in [0.05, 0.1) is 0 Å². The fourth-order valence-corrected chi connectivity index (χ4v) is 4.64. The molecule has 1 amide bonds. The lowest BCUT2D eigenvalue weighted by molar-refractivity contribution is -0.143. The van der Waals surface area contributed by atoms with Gasteiger partial charge in [0, 0.05) is 18.0 Å². The largest absolute Gasteiger partial charge is 0.479 e. The number of rotatable bonds is 6. The highest BCUT2D eigenvalue weighted by Crippen LogP contribution is 2.45. The van der Waals surface area contributed by atoms with Crippen LogP contribution in [0.25, 0.3) is 11.1 Å². The van der Waals surface area contributed by atoms with Crippen molar-refractivity contribution in [3.8, 4) is 11.1 Å². The molecule has 0 aliphatic heterocycles. The predicted molar refractivity (Wildman–Crippen MR) is 117 cm³/mol. The Morgan fingerprint density at radius 1 is 0.939 bits per heavy atom. The van der Waals surface area contributed by atoms with E-state index in [4.69, 9.17) is 4.74 Å². The number of carboxylic acids is 1. The molecule has 0 radical (unpaired) electrons. The van der Waals surface area contributed by atoms with Gasteiger partial charge in [-0.15, -0.1) is 0 Å². The smallest absolute Gasteiger partial charge is 0.411 e. The molecule has 1 N–H and O–H groups in total. The number of carbonyl (C=O) groups is 2. The van der Waals surface area contributed by atoms with Crippen molar-refractivity contribution in [1.82, 2.24) is 4.90 Å². The first kappa shape index (κ1) is 21.1. The molecule has 2 aliphatic carbocycles. The van der Waals surface area contributed by atoms with E-state index in [1.807, 2.05) is 48.5 Å². The lowest BCUT2D eigenvalue weighted by Gasteiger charge is -2.29. The number of ether oxygens (including phenoxy) is 1. The summed E-state index contributed by atoms with van der Waals surface area (Å²) in [6.45, 7) is 0.0277. The Morgan fingerprint density at radius 2 is 1.48 bits per heavy atom. The van der Waals surface area contributed by atoms with Crippen molar-refractivity contribution in [3.63, 3.8) is 0 Å². The van der Waals surface area contributed by atoms with E-state index in [9.17, 15) is 23.5 Å². The summed E-state index contributed by atoms with van der Waals surface area (Å²) in [5.74, 6) is -3.36. The number of carboxylic acid groups (broad SMARTS) is 1. The first-order chi connectivity index (χ1) is 15.9. The maximum atomic E-state index is 13.8. The second-order valence-electron chi connectivity index (χ2n) is 8.39. The van der Waals surface area contributed by atoms with E-state index in [1.165, 1.54) is 0 Å². The number of hydrogen-bond donors (Lipinski definition) is 1. The molecule has 5 rings (SSSR count). The zero-order chi connectivity index (χ0) is 23.1. The van der Waals surface area contributed by atoms with Gasteiger partial charge in [0.15, 0.2) is 6.04 Å². The van der Waals surface area contributed by atoms with E-state index >= 15 is 0 Å². The Balaban J connectivity index is 1.42. The topological polar surface area (TPSA) is 66.8 Å². The van der Waals surface area contributed by atoms with Crippen molar-refractivity contribution in [3.05, 3.63) is 95.1 Å². The Morgan fingerprint density at radius 3 is 2.00 bits per heavy atom. The summed E-state index contributed by atoms with van der Waals surface area (Å²) in [5, 5.41) is 9.85. The number of carbonyl (C=O) groups excluding carboxylic acids is 1. The van der Waals surface area contributed by atoms with Crippen LogP contribution in [-0.2, 0) is 9.53 Å². The monoisotopic (exact) mass is 449 g/mol. The zero-order valence-electron chi connectivity index (χ0n) is 17.6. The van der Waals surface area contributed by atoms with Crippen LogP contribution in [0.3, 0.4) is 0 Å². The van der Waals surface area contributed by atoms with Crippen LogP contribution in [0.15, 0.2) is 66.7 Å². The fraction of sp³-hybridized carbons (Fsp3) is 0.231. The minimum Gasteiger partial charge on any atom is -0.479 e. The van der Waals surface area contributed by atoms with Gasteiger partial charge in [-0.05, 0) is 52.8 Å². The van der Waals surface area contributed by atoms with Gasteiger partial charge in [-0.3, -0.25) is 4.90 Å². The van der Waals surface area contributed by atoms with E-state index in [2.05, 4.69) is 0 Å². The number of hydrogen-bond acceptors (Lipinski definition) is 3. The molecule has 2 aliphatic rings. The minimum absolute atomic E-state index is 0.0277. The SMILES string of the molecule is O=C(O)C(c1cc(F)cc(F)c1)N(C(=O)OCC1c2ccccc2-c2ccccc21)C1CC1. The molecular weight excluding hydrogens is 428 g/mol. The van der Waals surface area contributed by atoms with Crippen LogP contribution in [0.1, 0.15) is 41.5 Å². The van der Waals surface area contributed by atoms with Crippen molar-refractivity contribution in [2.45, 2.75) is 30.8 Å². The van der Waals surface area contributed by atoms with Gasteiger partial charge in [-0.2, -0.15) is 0 Å². The summed E-state index contributed by atoms with van der Waals surface area (Å²) in [6, 6.07) is 16.4. The number of benzene rings is 3. The first-order valence-corrected chi connectivity index (χ1v) is 10.8. The highest BCUT2D eigenvalue weighted by molar-refractivity contribution is 5.82. The van der Waals surface area contributed by atoms with Gasteiger partial charge in [0.25, 0.3) is 0 Å². The fourth-order valence-electron chi connectivity index (χ4n) is 4.64. The van der Waals surface area contributed by atoms with Gasteiger partial charge in [0.1, 0.15) is 18.2 Å². The molecule has 0 aromatic heterocycles. The van der Waals surface area contributed by atoms with Gasteiger partial charge in [-0.1, -0.05) is 48.5 Å². The van der Waals surface area contributed by atoms with Crippen LogP contribution in [0.2, 0.25) is 0 Å². The lowest BCUT2D eigenvalue weighted by atomic mass is 9.98. The van der Waals surface area contributed by atoms with E-state index in [0.29, 0.717) is 18.9 Å². The molecule has 0 saturated heterocycles. The summed E-state index contributed by atoms with van der Waals surface area (Å²) in [6.07, 6.45) is 0.397. The van der Waals surface area contributed by atoms with Crippen LogP contribution in [0.5, 0.6) is 0 Å². The predicted octanol–water partition coefficient (Wildman–Crippen LogP) is 5.50. The summed E-state index contributed by atoms with van der Waals surface area (Å²) >= 11 is 0. The third kappa shape index (κ3) is 3.95. The zero-order valence-corrected chi connectivity index (χ0v) is 17.6. The number of nitrogens with zero attached hydrogens (tertiary/aromatic N) is 1. The molecule has 0 heterocycles. The van der Waals surface area contributed by atoms with Crippen LogP contribution < -0.4 is 0 Å². The Hall–Kier alpha value is -3.74. The molecule has 33 heavy (non-hydrogen) atoms. The number of halogens is 2.